The molecule has 3 aromatic heterocycles. The maximum atomic E-state index is 11.5. The molecule has 23 heavy (non-hydrogen) atoms. The van der Waals surface area contributed by atoms with Crippen molar-refractivity contribution in [2.45, 2.75) is 19.4 Å². The van der Waals surface area contributed by atoms with Crippen molar-refractivity contribution in [1.82, 2.24) is 29.7 Å². The molecule has 0 atom stereocenters. The molecule has 2 N–H and O–H groups in total. The molecule has 0 aromatic carbocycles. The number of fused-ring (bicyclic) bond motifs is 1. The fourth-order valence-electron chi connectivity index (χ4n) is 2.35. The van der Waals surface area contributed by atoms with Gasteiger partial charge in [-0.3, -0.25) is 4.79 Å². The summed E-state index contributed by atoms with van der Waals surface area (Å²) in [5.74, 6) is 1.01. The lowest BCUT2D eigenvalue weighted by molar-refractivity contribution is -0.120. The molecule has 0 unspecified atom stereocenters. The van der Waals surface area contributed by atoms with Gasteiger partial charge < -0.3 is 10.4 Å². The quantitative estimate of drug-likeness (QED) is 0.680. The first-order valence-corrected chi connectivity index (χ1v) is 7.40. The zero-order chi connectivity index (χ0) is 16.2. The molecular formula is C15H18N6O2. The van der Waals surface area contributed by atoms with E-state index in [1.165, 1.54) is 0 Å². The maximum Gasteiger partial charge on any atom is 0.227 e. The average molecular weight is 314 g/mol. The van der Waals surface area contributed by atoms with E-state index in [0.717, 1.165) is 11.1 Å². The van der Waals surface area contributed by atoms with Crippen molar-refractivity contribution in [3.63, 3.8) is 0 Å². The molecule has 3 rings (SSSR count). The fourth-order valence-corrected chi connectivity index (χ4v) is 2.35. The standard InChI is InChI=1S/C15H18N6O2/c1-16-14(23)10-13-18-15(21(19-13)6-2-8-22)11-4-7-20-12(9-11)3-5-17-20/h3-5,7,9,22H,2,6,8,10H2,1H3,(H,16,23). The zero-order valence-corrected chi connectivity index (χ0v) is 12.8. The molecule has 0 aliphatic carbocycles. The minimum atomic E-state index is -0.137. The van der Waals surface area contributed by atoms with Gasteiger partial charge in [-0.15, -0.1) is 0 Å². The molecule has 8 nitrogen and oxygen atoms in total. The van der Waals surface area contributed by atoms with Crippen LogP contribution in [0.25, 0.3) is 16.9 Å². The Bertz CT molecular complexity index is 822. The summed E-state index contributed by atoms with van der Waals surface area (Å²) in [4.78, 5) is 16.0. The minimum Gasteiger partial charge on any atom is -0.396 e. The summed E-state index contributed by atoms with van der Waals surface area (Å²) < 4.78 is 3.50. The lowest BCUT2D eigenvalue weighted by atomic mass is 10.2. The third-order valence-electron chi connectivity index (χ3n) is 3.50. The minimum absolute atomic E-state index is 0.0751. The van der Waals surface area contributed by atoms with Crippen molar-refractivity contribution in [3.8, 4) is 11.4 Å². The molecule has 120 valence electrons. The number of amides is 1. The number of nitrogens with zero attached hydrogens (tertiary/aromatic N) is 5. The number of aliphatic hydroxyl groups excluding tert-OH is 1. The van der Waals surface area contributed by atoms with Crippen molar-refractivity contribution in [1.29, 1.82) is 0 Å². The van der Waals surface area contributed by atoms with Gasteiger partial charge in [0.05, 0.1) is 11.9 Å². The number of rotatable bonds is 6. The van der Waals surface area contributed by atoms with Crippen LogP contribution in [0.2, 0.25) is 0 Å². The fraction of sp³-hybridized carbons (Fsp3) is 0.333. The molecular weight excluding hydrogens is 296 g/mol. The summed E-state index contributed by atoms with van der Waals surface area (Å²) in [5.41, 5.74) is 1.85. The van der Waals surface area contributed by atoms with Crippen LogP contribution in [0.1, 0.15) is 12.2 Å². The highest BCUT2D eigenvalue weighted by molar-refractivity contribution is 5.77. The summed E-state index contributed by atoms with van der Waals surface area (Å²) in [6.45, 7) is 0.614. The van der Waals surface area contributed by atoms with Crippen LogP contribution in [0, 0.1) is 0 Å². The average Bonchev–Trinajstić information content (AvgIpc) is 3.18. The predicted molar refractivity (Wildman–Crippen MR) is 83.7 cm³/mol. The van der Waals surface area contributed by atoms with Gasteiger partial charge in [-0.25, -0.2) is 14.2 Å². The maximum absolute atomic E-state index is 11.5. The summed E-state index contributed by atoms with van der Waals surface area (Å²) in [7, 11) is 1.58. The molecule has 0 saturated carbocycles. The van der Waals surface area contributed by atoms with E-state index < -0.39 is 0 Å². The normalized spacial score (nSPS) is 11.0. The van der Waals surface area contributed by atoms with Crippen LogP contribution in [0.3, 0.4) is 0 Å². The Kier molecular flexibility index (Phi) is 4.33. The topological polar surface area (TPSA) is 97.3 Å². The highest BCUT2D eigenvalue weighted by Crippen LogP contribution is 2.20. The highest BCUT2D eigenvalue weighted by Gasteiger charge is 2.14. The van der Waals surface area contributed by atoms with Crippen LogP contribution in [-0.4, -0.2) is 49.0 Å². The Morgan fingerprint density at radius 2 is 2.26 bits per heavy atom. The van der Waals surface area contributed by atoms with Gasteiger partial charge in [0.15, 0.2) is 11.6 Å². The van der Waals surface area contributed by atoms with Crippen molar-refractivity contribution < 1.29 is 9.90 Å². The van der Waals surface area contributed by atoms with Gasteiger partial charge in [0.25, 0.3) is 0 Å². The molecule has 8 heteroatoms. The summed E-state index contributed by atoms with van der Waals surface area (Å²) >= 11 is 0. The SMILES string of the molecule is CNC(=O)Cc1nc(-c2ccn3nccc3c2)n(CCCO)n1. The van der Waals surface area contributed by atoms with Gasteiger partial charge >= 0.3 is 0 Å². The highest BCUT2D eigenvalue weighted by atomic mass is 16.3. The lowest BCUT2D eigenvalue weighted by Gasteiger charge is -2.05. The third kappa shape index (κ3) is 3.21. The second kappa shape index (κ2) is 6.57. The number of nitrogens with one attached hydrogen (secondary N) is 1. The molecule has 0 aliphatic heterocycles. The number of hydrogen-bond acceptors (Lipinski definition) is 5. The van der Waals surface area contributed by atoms with Gasteiger partial charge in [-0.2, -0.15) is 10.2 Å². The van der Waals surface area contributed by atoms with E-state index in [9.17, 15) is 4.79 Å². The van der Waals surface area contributed by atoms with Gasteiger partial charge in [-0.05, 0) is 24.6 Å². The second-order valence-electron chi connectivity index (χ2n) is 5.12. The summed E-state index contributed by atoms with van der Waals surface area (Å²) in [5, 5.41) is 20.2. The number of likely N-dealkylation sites (N-methyl/N-ethyl adjacent to an activating group) is 1. The van der Waals surface area contributed by atoms with Crippen LogP contribution < -0.4 is 5.32 Å². The Labute approximate surface area is 132 Å². The number of hydrogen-bond donors (Lipinski definition) is 2. The van der Waals surface area contributed by atoms with Gasteiger partial charge in [0, 0.05) is 38.2 Å². The molecule has 0 aliphatic rings. The Morgan fingerprint density at radius 3 is 3.04 bits per heavy atom. The zero-order valence-electron chi connectivity index (χ0n) is 12.8. The van der Waals surface area contributed by atoms with E-state index in [1.54, 1.807) is 22.4 Å². The number of carbonyl (C=O) groups is 1. The van der Waals surface area contributed by atoms with Crippen molar-refractivity contribution in [2.75, 3.05) is 13.7 Å². The summed E-state index contributed by atoms with van der Waals surface area (Å²) in [6, 6.07) is 5.78. The molecule has 3 aromatic rings. The number of pyridine rings is 1. The second-order valence-corrected chi connectivity index (χ2v) is 5.12. The van der Waals surface area contributed by atoms with Gasteiger partial charge in [0.2, 0.25) is 5.91 Å². The van der Waals surface area contributed by atoms with E-state index in [0.29, 0.717) is 24.6 Å². The molecule has 1 amide bonds. The monoisotopic (exact) mass is 314 g/mol. The van der Waals surface area contributed by atoms with E-state index in [2.05, 4.69) is 20.5 Å². The van der Waals surface area contributed by atoms with E-state index in [4.69, 9.17) is 5.11 Å². The molecule has 0 saturated heterocycles. The van der Waals surface area contributed by atoms with Gasteiger partial charge in [0.1, 0.15) is 0 Å². The Balaban J connectivity index is 1.98. The predicted octanol–water partition coefficient (Wildman–Crippen LogP) is 0.264. The molecule has 0 fully saturated rings. The van der Waals surface area contributed by atoms with E-state index in [-0.39, 0.29) is 18.9 Å². The number of aryl methyl sites for hydroxylation is 1. The molecule has 3 heterocycles. The van der Waals surface area contributed by atoms with Crippen LogP contribution in [0.5, 0.6) is 0 Å². The van der Waals surface area contributed by atoms with Crippen molar-refractivity contribution >= 4 is 11.4 Å². The first-order valence-electron chi connectivity index (χ1n) is 7.40. The number of aromatic nitrogens is 5. The van der Waals surface area contributed by atoms with Crippen LogP contribution in [0.15, 0.2) is 30.6 Å². The van der Waals surface area contributed by atoms with Crippen molar-refractivity contribution in [3.05, 3.63) is 36.4 Å². The van der Waals surface area contributed by atoms with Crippen LogP contribution >= 0.6 is 0 Å². The van der Waals surface area contributed by atoms with Gasteiger partial charge in [-0.1, -0.05) is 0 Å². The Hall–Kier alpha value is -2.74. The number of aliphatic hydroxyl groups is 1. The lowest BCUT2D eigenvalue weighted by Crippen LogP contribution is -2.20. The molecule has 0 bridgehead atoms. The Morgan fingerprint density at radius 1 is 1.39 bits per heavy atom. The summed E-state index contributed by atoms with van der Waals surface area (Å²) in [6.07, 6.45) is 4.29. The van der Waals surface area contributed by atoms with E-state index >= 15 is 0 Å². The number of carbonyl (C=O) groups excluding carboxylic acids is 1. The first-order chi connectivity index (χ1) is 11.2. The van der Waals surface area contributed by atoms with Crippen molar-refractivity contribution in [2.24, 2.45) is 0 Å². The van der Waals surface area contributed by atoms with Crippen LogP contribution in [0.4, 0.5) is 0 Å². The van der Waals surface area contributed by atoms with E-state index in [1.807, 2.05) is 24.4 Å². The molecule has 0 spiro atoms. The molecule has 0 radical (unpaired) electrons. The largest absolute Gasteiger partial charge is 0.396 e. The smallest absolute Gasteiger partial charge is 0.227 e. The third-order valence-corrected chi connectivity index (χ3v) is 3.50. The van der Waals surface area contributed by atoms with Crippen LogP contribution in [-0.2, 0) is 17.8 Å². The first kappa shape index (κ1) is 15.2.